The molecular formula is C4H6NNaO3. The average molecular weight is 139 g/mol. The minimum absolute atomic E-state index is 0. The van der Waals surface area contributed by atoms with Crippen LogP contribution in [0.25, 0.3) is 0 Å². The van der Waals surface area contributed by atoms with Gasteiger partial charge in [-0.3, -0.25) is 4.79 Å². The molecule has 0 aliphatic heterocycles. The number of carbonyl (C=O) groups is 2. The number of hydrogen-bond acceptors (Lipinski definition) is 2. The number of hydrogen-bond donors (Lipinski definition) is 2. The zero-order valence-corrected chi connectivity index (χ0v) is 4.00. The van der Waals surface area contributed by atoms with Crippen molar-refractivity contribution in [2.24, 2.45) is 5.73 Å². The van der Waals surface area contributed by atoms with Gasteiger partial charge in [-0.05, 0) is 0 Å². The van der Waals surface area contributed by atoms with E-state index in [4.69, 9.17) is 5.11 Å². The molecule has 4 nitrogen and oxygen atoms in total. The monoisotopic (exact) mass is 139 g/mol. The Morgan fingerprint density at radius 2 is 1.78 bits per heavy atom. The van der Waals surface area contributed by atoms with E-state index in [1.54, 1.807) is 0 Å². The number of carbonyl (C=O) groups excluding carboxylic acids is 1. The molecule has 9 heavy (non-hydrogen) atoms. The number of carboxylic acid groups (broad SMARTS) is 1. The first-order chi connectivity index (χ1) is 3.63. The molecule has 0 radical (unpaired) electrons. The van der Waals surface area contributed by atoms with E-state index >= 15 is 0 Å². The standard InChI is InChI=1S/C4H5NO3.Na.H/c5-3(6)1-2-4(7)8;;/h1-2H,(H2,5,6)(H,7,8);;/b2-1-;;. The van der Waals surface area contributed by atoms with Crippen LogP contribution in [0.1, 0.15) is 0 Å². The van der Waals surface area contributed by atoms with Crippen LogP contribution in [0.15, 0.2) is 12.2 Å². The number of nitrogens with two attached hydrogens (primary N) is 1. The van der Waals surface area contributed by atoms with E-state index in [0.717, 1.165) is 6.08 Å². The van der Waals surface area contributed by atoms with Crippen LogP contribution < -0.4 is 5.73 Å². The Hall–Kier alpha value is -0.320. The predicted octanol–water partition coefficient (Wildman–Crippen LogP) is -1.54. The fourth-order valence-electron chi connectivity index (χ4n) is 0.153. The normalized spacial score (nSPS) is 8.44. The van der Waals surface area contributed by atoms with Gasteiger partial charge in [-0.25, -0.2) is 4.79 Å². The van der Waals surface area contributed by atoms with Crippen molar-refractivity contribution in [3.8, 4) is 0 Å². The predicted molar refractivity (Wildman–Crippen MR) is 33.1 cm³/mol. The van der Waals surface area contributed by atoms with Gasteiger partial charge in [0.25, 0.3) is 0 Å². The van der Waals surface area contributed by atoms with Crippen LogP contribution >= 0.6 is 0 Å². The third kappa shape index (κ3) is 11.3. The molecule has 0 aliphatic carbocycles. The summed E-state index contributed by atoms with van der Waals surface area (Å²) in [6.07, 6.45) is 1.46. The Bertz CT molecular complexity index is 127. The molecule has 0 aliphatic rings. The van der Waals surface area contributed by atoms with E-state index in [1.165, 1.54) is 0 Å². The summed E-state index contributed by atoms with van der Waals surface area (Å²) in [5.74, 6) is -1.93. The average Bonchev–Trinajstić information content (AvgIpc) is 1.61. The van der Waals surface area contributed by atoms with E-state index in [-0.39, 0.29) is 29.6 Å². The maximum atomic E-state index is 9.78. The second kappa shape index (κ2) is 5.81. The summed E-state index contributed by atoms with van der Waals surface area (Å²) in [7, 11) is 0. The molecule has 0 spiro atoms. The summed E-state index contributed by atoms with van der Waals surface area (Å²) < 4.78 is 0. The third-order valence-electron chi connectivity index (χ3n) is 0.390. The second-order valence-corrected chi connectivity index (χ2v) is 1.07. The van der Waals surface area contributed by atoms with E-state index in [9.17, 15) is 9.59 Å². The number of primary amides is 1. The van der Waals surface area contributed by atoms with E-state index in [1.807, 2.05) is 0 Å². The molecule has 0 heterocycles. The van der Waals surface area contributed by atoms with Crippen molar-refractivity contribution in [3.05, 3.63) is 12.2 Å². The van der Waals surface area contributed by atoms with Crippen molar-refractivity contribution in [3.63, 3.8) is 0 Å². The zero-order chi connectivity index (χ0) is 6.57. The van der Waals surface area contributed by atoms with Gasteiger partial charge in [-0.15, -0.1) is 0 Å². The summed E-state index contributed by atoms with van der Waals surface area (Å²) in [5, 5.41) is 7.87. The van der Waals surface area contributed by atoms with E-state index in [2.05, 4.69) is 5.73 Å². The summed E-state index contributed by atoms with van der Waals surface area (Å²) in [5.41, 5.74) is 4.55. The summed E-state index contributed by atoms with van der Waals surface area (Å²) in [6.45, 7) is 0. The minimum atomic E-state index is -1.18. The zero-order valence-electron chi connectivity index (χ0n) is 4.00. The fourth-order valence-corrected chi connectivity index (χ4v) is 0.153. The van der Waals surface area contributed by atoms with Gasteiger partial charge in [0.2, 0.25) is 5.91 Å². The van der Waals surface area contributed by atoms with Crippen molar-refractivity contribution >= 4 is 41.4 Å². The Labute approximate surface area is 74.0 Å². The van der Waals surface area contributed by atoms with Gasteiger partial charge in [0.05, 0.1) is 0 Å². The Balaban J connectivity index is 0. The van der Waals surface area contributed by atoms with E-state index in [0.29, 0.717) is 6.08 Å². The molecule has 0 rings (SSSR count). The van der Waals surface area contributed by atoms with Gasteiger partial charge in [0.1, 0.15) is 0 Å². The van der Waals surface area contributed by atoms with Crippen LogP contribution in [-0.2, 0) is 9.59 Å². The van der Waals surface area contributed by atoms with Gasteiger partial charge in [0, 0.05) is 12.2 Å². The van der Waals surface area contributed by atoms with Crippen molar-refractivity contribution in [1.82, 2.24) is 0 Å². The molecule has 46 valence electrons. The van der Waals surface area contributed by atoms with E-state index < -0.39 is 11.9 Å². The first-order valence-electron chi connectivity index (χ1n) is 1.83. The van der Waals surface area contributed by atoms with Crippen molar-refractivity contribution in [1.29, 1.82) is 0 Å². The van der Waals surface area contributed by atoms with Crippen LogP contribution in [0.4, 0.5) is 0 Å². The molecule has 0 aromatic heterocycles. The van der Waals surface area contributed by atoms with Gasteiger partial charge < -0.3 is 10.8 Å². The molecule has 5 heteroatoms. The topological polar surface area (TPSA) is 80.4 Å². The number of carboxylic acids is 1. The first kappa shape index (κ1) is 11.5. The second-order valence-electron chi connectivity index (χ2n) is 1.07. The van der Waals surface area contributed by atoms with Gasteiger partial charge >= 0.3 is 35.5 Å². The summed E-state index contributed by atoms with van der Waals surface area (Å²) >= 11 is 0. The van der Waals surface area contributed by atoms with Gasteiger partial charge in [-0.1, -0.05) is 0 Å². The Kier molecular flexibility index (Phi) is 7.41. The number of aliphatic carboxylic acids is 1. The molecule has 3 N–H and O–H groups in total. The molecule has 0 aromatic carbocycles. The van der Waals surface area contributed by atoms with Gasteiger partial charge in [0.15, 0.2) is 0 Å². The molecule has 0 saturated carbocycles. The molecule has 0 bridgehead atoms. The molecule has 0 unspecified atom stereocenters. The maximum absolute atomic E-state index is 9.78. The van der Waals surface area contributed by atoms with Crippen LogP contribution in [0, 0.1) is 0 Å². The molecule has 0 saturated heterocycles. The number of amides is 1. The van der Waals surface area contributed by atoms with Crippen LogP contribution in [0.3, 0.4) is 0 Å². The molecule has 0 aromatic rings. The van der Waals surface area contributed by atoms with Crippen molar-refractivity contribution in [2.75, 3.05) is 0 Å². The molecule has 0 atom stereocenters. The molecule has 1 amide bonds. The van der Waals surface area contributed by atoms with Crippen LogP contribution in [-0.4, -0.2) is 46.5 Å². The molecule has 0 fully saturated rings. The summed E-state index contributed by atoms with van der Waals surface area (Å²) in [6, 6.07) is 0. The quantitative estimate of drug-likeness (QED) is 0.359. The number of rotatable bonds is 2. The SMILES string of the molecule is NC(=O)/C=C\C(=O)O.[NaH]. The summed E-state index contributed by atoms with van der Waals surface area (Å²) in [4.78, 5) is 19.4. The third-order valence-corrected chi connectivity index (χ3v) is 0.390. The fraction of sp³-hybridized carbons (Fsp3) is 0. The van der Waals surface area contributed by atoms with Crippen molar-refractivity contribution < 1.29 is 14.7 Å². The Morgan fingerprint density at radius 3 is 1.89 bits per heavy atom. The van der Waals surface area contributed by atoms with Gasteiger partial charge in [-0.2, -0.15) is 0 Å². The first-order valence-corrected chi connectivity index (χ1v) is 1.83. The Morgan fingerprint density at radius 1 is 1.33 bits per heavy atom. The van der Waals surface area contributed by atoms with Crippen molar-refractivity contribution in [2.45, 2.75) is 0 Å². The molecular weight excluding hydrogens is 133 g/mol. The van der Waals surface area contributed by atoms with Crippen LogP contribution in [0.2, 0.25) is 0 Å². The van der Waals surface area contributed by atoms with Crippen LogP contribution in [0.5, 0.6) is 0 Å².